The second-order valence-electron chi connectivity index (χ2n) is 15.7. The first-order chi connectivity index (χ1) is 31.7. The summed E-state index contributed by atoms with van der Waals surface area (Å²) in [4.78, 5) is 118. The lowest BCUT2D eigenvalue weighted by Crippen LogP contribution is -2.61. The Kier molecular flexibility index (Phi) is 28.2. The van der Waals surface area contributed by atoms with Gasteiger partial charge in [0.25, 0.3) is 17.7 Å². The van der Waals surface area contributed by atoms with Gasteiger partial charge in [-0.25, -0.2) is 15.2 Å². The normalized spacial score (nSPS) is 20.8. The van der Waals surface area contributed by atoms with Crippen LogP contribution in [0, 0.1) is 0 Å². The monoisotopic (exact) mass is 957 g/mol. The molecule has 0 bridgehead atoms. The first-order valence-electron chi connectivity index (χ1n) is 21.6. The van der Waals surface area contributed by atoms with Crippen LogP contribution in [0.5, 0.6) is 0 Å². The summed E-state index contributed by atoms with van der Waals surface area (Å²) in [6.45, 7) is -0.222. The highest BCUT2D eigenvalue weighted by atomic mass is 16.5. The van der Waals surface area contributed by atoms with E-state index in [4.69, 9.17) is 15.3 Å². The highest BCUT2D eigenvalue weighted by molar-refractivity contribution is 5.97. The van der Waals surface area contributed by atoms with E-state index in [1.54, 1.807) is 20.8 Å². The molecule has 378 valence electrons. The molecule has 0 aromatic rings. The van der Waals surface area contributed by atoms with Gasteiger partial charge in [0.1, 0.15) is 30.2 Å². The summed E-state index contributed by atoms with van der Waals surface area (Å²) in [5.74, 6) is -9.03. The highest BCUT2D eigenvalue weighted by Gasteiger charge is 2.33. The number of amides is 9. The Morgan fingerprint density at radius 2 is 0.761 bits per heavy atom. The summed E-state index contributed by atoms with van der Waals surface area (Å²) in [6.07, 6.45) is 2.21. The van der Waals surface area contributed by atoms with Crippen molar-refractivity contribution in [1.82, 2.24) is 47.1 Å². The van der Waals surface area contributed by atoms with Gasteiger partial charge in [0.05, 0.1) is 19.8 Å². The average Bonchev–Trinajstić information content (AvgIpc) is 3.27. The van der Waals surface area contributed by atoms with Crippen LogP contribution in [0.1, 0.15) is 78.6 Å². The number of nitrogens with zero attached hydrogens (tertiary/aromatic N) is 3. The van der Waals surface area contributed by atoms with E-state index in [9.17, 15) is 69.0 Å². The second-order valence-corrected chi connectivity index (χ2v) is 15.7. The SMILES string of the molecule is C/C(=C/C(=O)N(O)CCC[C@@H]1NC(=O)CNC(=O)[C@@H](CCCN(O)C(=O)/C=C(/C)CCO)NC(=O)[C@H](CO)NC(=O)[C@@H](CCCN(O)C(=O)/C=C(/C)CCO)NC(=O)[C@H](CO)NC1=O)CCO. The minimum atomic E-state index is -1.80. The molecule has 0 aromatic carbocycles. The van der Waals surface area contributed by atoms with Gasteiger partial charge >= 0.3 is 0 Å². The molecule has 26 nitrogen and oxygen atoms in total. The van der Waals surface area contributed by atoms with Gasteiger partial charge in [-0.2, -0.15) is 0 Å². The fourth-order valence-electron chi connectivity index (χ4n) is 6.09. The Morgan fingerprint density at radius 3 is 1.07 bits per heavy atom. The third-order valence-electron chi connectivity index (χ3n) is 9.95. The molecule has 0 radical (unpaired) electrons. The van der Waals surface area contributed by atoms with Crippen molar-refractivity contribution in [2.45, 2.75) is 109 Å². The van der Waals surface area contributed by atoms with Crippen molar-refractivity contribution in [1.29, 1.82) is 0 Å². The summed E-state index contributed by atoms with van der Waals surface area (Å²) < 4.78 is 0. The summed E-state index contributed by atoms with van der Waals surface area (Å²) >= 11 is 0. The average molecular weight is 958 g/mol. The molecule has 5 atom stereocenters. The molecule has 0 aromatic heterocycles. The lowest BCUT2D eigenvalue weighted by Gasteiger charge is -2.27. The van der Waals surface area contributed by atoms with E-state index in [2.05, 4.69) is 31.9 Å². The number of carbonyl (C=O) groups excluding carboxylic acids is 9. The van der Waals surface area contributed by atoms with Crippen LogP contribution in [0.3, 0.4) is 0 Å². The van der Waals surface area contributed by atoms with Crippen LogP contribution in [0.2, 0.25) is 0 Å². The summed E-state index contributed by atoms with van der Waals surface area (Å²) in [5.41, 5.74) is 1.36. The predicted molar refractivity (Wildman–Crippen MR) is 231 cm³/mol. The second kappa shape index (κ2) is 31.9. The van der Waals surface area contributed by atoms with Crippen LogP contribution in [0.25, 0.3) is 0 Å². The van der Waals surface area contributed by atoms with Crippen LogP contribution in [-0.2, 0) is 43.2 Å². The van der Waals surface area contributed by atoms with E-state index < -0.39 is 110 Å². The molecule has 0 aliphatic carbocycles. The molecule has 9 amide bonds. The van der Waals surface area contributed by atoms with Crippen molar-refractivity contribution < 1.29 is 84.3 Å². The van der Waals surface area contributed by atoms with Gasteiger partial charge < -0.3 is 57.4 Å². The molecule has 67 heavy (non-hydrogen) atoms. The Bertz CT molecular complexity index is 1750. The van der Waals surface area contributed by atoms with Crippen LogP contribution in [0.4, 0.5) is 0 Å². The number of rotatable bonds is 23. The summed E-state index contributed by atoms with van der Waals surface area (Å²) in [5, 5.41) is 93.3. The number of hydrogen-bond donors (Lipinski definition) is 14. The molecule has 0 saturated carbocycles. The molecule has 1 aliphatic rings. The maximum atomic E-state index is 13.7. The first-order valence-corrected chi connectivity index (χ1v) is 21.6. The molecule has 26 heteroatoms. The summed E-state index contributed by atoms with van der Waals surface area (Å²) in [7, 11) is 0. The van der Waals surface area contributed by atoms with Crippen molar-refractivity contribution in [2.75, 3.05) is 59.2 Å². The van der Waals surface area contributed by atoms with Crippen molar-refractivity contribution in [3.8, 4) is 0 Å². The smallest absolute Gasteiger partial charge is 0.269 e. The van der Waals surface area contributed by atoms with Crippen LogP contribution >= 0.6 is 0 Å². The van der Waals surface area contributed by atoms with E-state index in [0.29, 0.717) is 31.9 Å². The fourth-order valence-corrected chi connectivity index (χ4v) is 6.09. The fraction of sp³-hybridized carbons (Fsp3) is 0.634. The minimum Gasteiger partial charge on any atom is -0.396 e. The first kappa shape index (κ1) is 59.1. The topological polar surface area (TPSA) is 397 Å². The zero-order valence-corrected chi connectivity index (χ0v) is 37.9. The number of hydroxylamine groups is 6. The molecule has 1 fully saturated rings. The Balaban J connectivity index is 3.56. The molecule has 1 saturated heterocycles. The molecular weight excluding hydrogens is 890 g/mol. The van der Waals surface area contributed by atoms with Crippen molar-refractivity contribution in [2.24, 2.45) is 0 Å². The van der Waals surface area contributed by atoms with Crippen molar-refractivity contribution in [3.63, 3.8) is 0 Å². The van der Waals surface area contributed by atoms with E-state index in [1.165, 1.54) is 0 Å². The Morgan fingerprint density at radius 1 is 0.478 bits per heavy atom. The zero-order valence-electron chi connectivity index (χ0n) is 37.9. The van der Waals surface area contributed by atoms with Gasteiger partial charge in [0.2, 0.25) is 35.4 Å². The number of aliphatic hydroxyl groups is 5. The molecule has 1 heterocycles. The maximum absolute atomic E-state index is 13.7. The molecule has 1 rings (SSSR count). The zero-order chi connectivity index (χ0) is 50.6. The quantitative estimate of drug-likeness (QED) is 0.0261. The third-order valence-corrected chi connectivity index (χ3v) is 9.95. The third kappa shape index (κ3) is 22.9. The van der Waals surface area contributed by atoms with Crippen LogP contribution in [-0.4, -0.2) is 199 Å². The van der Waals surface area contributed by atoms with Crippen molar-refractivity contribution >= 4 is 53.2 Å². The van der Waals surface area contributed by atoms with E-state index >= 15 is 0 Å². The van der Waals surface area contributed by atoms with E-state index in [-0.39, 0.29) is 90.7 Å². The van der Waals surface area contributed by atoms with E-state index in [0.717, 1.165) is 18.2 Å². The Hall–Kier alpha value is -5.87. The minimum absolute atomic E-state index is 0.147. The maximum Gasteiger partial charge on any atom is 0.269 e. The summed E-state index contributed by atoms with van der Waals surface area (Å²) in [6, 6.07) is -8.33. The van der Waals surface area contributed by atoms with Crippen LogP contribution < -0.4 is 31.9 Å². The largest absolute Gasteiger partial charge is 0.396 e. The van der Waals surface area contributed by atoms with Gasteiger partial charge in [-0.1, -0.05) is 16.7 Å². The van der Waals surface area contributed by atoms with Gasteiger partial charge in [-0.15, -0.1) is 0 Å². The standard InChI is InChI=1S/C41H67N9O17/c1-25(10-16-51)19-34(57)48(65)13-4-7-28-37(60)42-22-33(56)43-29(8-5-14-49(66)35(58)20-26(2)11-17-52)38(61)46-32(24-55)41(64)45-30(39(62)47-31(23-54)40(63)44-28)9-6-15-50(67)36(59)21-27(3)12-18-53/h19-21,28-32,51-55,65-67H,4-18,22-24H2,1-3H3,(H,42,60)(H,43,56)(H,44,63)(H,45,64)(H,46,61)(H,47,62)/b25-19-,26-20-,27-21-/t28-,29+,30-,31+,32+/m1/s1. The van der Waals surface area contributed by atoms with Gasteiger partial charge in [-0.3, -0.25) is 58.8 Å². The number of hydrogen-bond acceptors (Lipinski definition) is 17. The molecule has 0 spiro atoms. The predicted octanol–water partition coefficient (Wildman–Crippen LogP) is -4.50. The van der Waals surface area contributed by atoms with Gasteiger partial charge in [0.15, 0.2) is 0 Å². The molecule has 0 unspecified atom stereocenters. The van der Waals surface area contributed by atoms with Gasteiger partial charge in [-0.05, 0) is 78.6 Å². The molecule has 14 N–H and O–H groups in total. The lowest BCUT2D eigenvalue weighted by atomic mass is 10.1. The number of aliphatic hydroxyl groups excluding tert-OH is 5. The van der Waals surface area contributed by atoms with Crippen LogP contribution in [0.15, 0.2) is 34.9 Å². The number of nitrogens with one attached hydrogen (secondary N) is 6. The molecule has 1 aliphatic heterocycles. The highest BCUT2D eigenvalue weighted by Crippen LogP contribution is 2.09. The molecular formula is C41H67N9O17. The Labute approximate surface area is 387 Å². The number of carbonyl (C=O) groups is 9. The van der Waals surface area contributed by atoms with Crippen molar-refractivity contribution in [3.05, 3.63) is 34.9 Å². The lowest BCUT2D eigenvalue weighted by molar-refractivity contribution is -0.160. The van der Waals surface area contributed by atoms with Gasteiger partial charge in [0, 0.05) is 57.7 Å². The van der Waals surface area contributed by atoms with E-state index in [1.807, 2.05) is 0 Å².